The molecule has 0 aliphatic carbocycles. The first-order chi connectivity index (χ1) is 17.7. The van der Waals surface area contributed by atoms with Gasteiger partial charge in [0.1, 0.15) is 0 Å². The average Bonchev–Trinajstić information content (AvgIpc) is 2.82. The molecule has 3 aromatic rings. The van der Waals surface area contributed by atoms with Crippen molar-refractivity contribution in [1.82, 2.24) is 10.3 Å². The van der Waals surface area contributed by atoms with Gasteiger partial charge in [0.05, 0.1) is 11.4 Å². The van der Waals surface area contributed by atoms with Crippen LogP contribution in [0.2, 0.25) is 5.02 Å². The fourth-order valence-corrected chi connectivity index (χ4v) is 4.18. The molecule has 0 saturated heterocycles. The number of aromatic nitrogens is 1. The Hall–Kier alpha value is -3.59. The fourth-order valence-electron chi connectivity index (χ4n) is 3.98. The van der Waals surface area contributed by atoms with E-state index in [0.717, 1.165) is 28.8 Å². The number of nitrogens with two attached hydrogens (primary N) is 1. The minimum Gasteiger partial charge on any atom is -0.462 e. The van der Waals surface area contributed by atoms with Crippen LogP contribution in [0.4, 0.5) is 13.2 Å². The quantitative estimate of drug-likeness (QED) is 0.217. The van der Waals surface area contributed by atoms with Crippen LogP contribution < -0.4 is 15.8 Å². The monoisotopic (exact) mass is 546 g/mol. The molecule has 0 aliphatic heterocycles. The Kier molecular flexibility index (Phi) is 9.04. The smallest absolute Gasteiger partial charge is 0.417 e. The van der Waals surface area contributed by atoms with E-state index >= 15 is 0 Å². The number of halogens is 4. The summed E-state index contributed by atoms with van der Waals surface area (Å²) in [4.78, 5) is 16.9. The van der Waals surface area contributed by atoms with E-state index in [9.17, 15) is 18.0 Å². The van der Waals surface area contributed by atoms with Crippen LogP contribution in [0.3, 0.4) is 0 Å². The zero-order valence-electron chi connectivity index (χ0n) is 21.3. The van der Waals surface area contributed by atoms with Crippen LogP contribution in [0.5, 0.6) is 5.88 Å². The Bertz CT molecular complexity index is 1260. The Balaban J connectivity index is 1.76. The summed E-state index contributed by atoms with van der Waals surface area (Å²) in [5.41, 5.74) is 6.07. The molecule has 0 spiro atoms. The second-order valence-corrected chi connectivity index (χ2v) is 10.1. The van der Waals surface area contributed by atoms with Crippen molar-refractivity contribution in [2.75, 3.05) is 0 Å². The Morgan fingerprint density at radius 3 is 2.32 bits per heavy atom. The summed E-state index contributed by atoms with van der Waals surface area (Å²) in [6.07, 6.45) is -2.89. The third-order valence-electron chi connectivity index (χ3n) is 6.08. The first-order valence-corrected chi connectivity index (χ1v) is 12.3. The van der Waals surface area contributed by atoms with E-state index in [4.69, 9.17) is 27.5 Å². The summed E-state index contributed by atoms with van der Waals surface area (Å²) in [5.74, 6) is -0.614. The largest absolute Gasteiger partial charge is 0.462 e. The number of alkyl halides is 3. The van der Waals surface area contributed by atoms with Gasteiger partial charge in [0, 0.05) is 35.7 Å². The molecule has 4 N–H and O–H groups in total. The number of hydrogen-bond donors (Lipinski definition) is 3. The topological polar surface area (TPSA) is 101 Å². The van der Waals surface area contributed by atoms with E-state index in [2.05, 4.69) is 10.3 Å². The number of pyridine rings is 1. The maximum Gasteiger partial charge on any atom is 0.417 e. The molecule has 6 nitrogen and oxygen atoms in total. The molecule has 0 aliphatic rings. The van der Waals surface area contributed by atoms with Gasteiger partial charge in [-0.25, -0.2) is 4.98 Å². The summed E-state index contributed by atoms with van der Waals surface area (Å²) in [5, 5.41) is 11.0. The van der Waals surface area contributed by atoms with Crippen LogP contribution in [0.15, 0.2) is 66.9 Å². The number of carbonyl (C=O) groups excluding carboxylic acids is 1. The summed E-state index contributed by atoms with van der Waals surface area (Å²) >= 11 is 6.26. The van der Waals surface area contributed by atoms with E-state index in [-0.39, 0.29) is 23.7 Å². The second kappa shape index (κ2) is 11.9. The highest BCUT2D eigenvalue weighted by Crippen LogP contribution is 2.30. The lowest BCUT2D eigenvalue weighted by atomic mass is 9.86. The molecule has 10 heteroatoms. The molecule has 1 aromatic heterocycles. The molecule has 0 saturated carbocycles. The number of ether oxygens (including phenoxy) is 1. The molecule has 1 heterocycles. The van der Waals surface area contributed by atoms with Gasteiger partial charge >= 0.3 is 6.18 Å². The van der Waals surface area contributed by atoms with E-state index in [1.165, 1.54) is 13.8 Å². The van der Waals surface area contributed by atoms with E-state index < -0.39 is 23.2 Å². The third kappa shape index (κ3) is 7.95. The van der Waals surface area contributed by atoms with Crippen LogP contribution in [0.25, 0.3) is 0 Å². The molecule has 38 heavy (non-hydrogen) atoms. The molecule has 0 bridgehead atoms. The lowest BCUT2D eigenvalue weighted by Crippen LogP contribution is -2.51. The number of nitrogens with zero attached hydrogens (tertiary/aromatic N) is 1. The van der Waals surface area contributed by atoms with Crippen molar-refractivity contribution in [3.05, 3.63) is 94.1 Å². The lowest BCUT2D eigenvalue weighted by Gasteiger charge is -2.30. The van der Waals surface area contributed by atoms with Gasteiger partial charge in [0.15, 0.2) is 5.60 Å². The molecule has 2 aromatic carbocycles. The number of carbonyl (C=O) groups is 1. The number of hydrogen-bond acceptors (Lipinski definition) is 4. The minimum absolute atomic E-state index is 0.0854. The highest BCUT2D eigenvalue weighted by Gasteiger charge is 2.34. The Labute approximate surface area is 224 Å². The number of benzene rings is 2. The molecule has 2 unspecified atom stereocenters. The predicted molar refractivity (Wildman–Crippen MR) is 142 cm³/mol. The van der Waals surface area contributed by atoms with Crippen LogP contribution in [0.1, 0.15) is 48.9 Å². The van der Waals surface area contributed by atoms with Gasteiger partial charge in [0.25, 0.3) is 5.91 Å². The number of rotatable bonds is 10. The molecule has 0 fully saturated rings. The molecule has 202 valence electrons. The number of amides is 1. The second-order valence-electron chi connectivity index (χ2n) is 9.64. The van der Waals surface area contributed by atoms with Crippen molar-refractivity contribution in [3.63, 3.8) is 0 Å². The first-order valence-electron chi connectivity index (χ1n) is 11.9. The fraction of sp³-hybridized carbons (Fsp3) is 0.321. The SMILES string of the molecule is CC(NC(=O)C(C)(C)Oc1ccc(C(F)(F)F)cn1)C(Cc1ccc(CC(=N)N)cc1)c1cccc(Cl)c1. The highest BCUT2D eigenvalue weighted by atomic mass is 35.5. The Morgan fingerprint density at radius 2 is 1.76 bits per heavy atom. The maximum absolute atomic E-state index is 13.2. The zero-order valence-corrected chi connectivity index (χ0v) is 22.0. The molecular weight excluding hydrogens is 517 g/mol. The van der Waals surface area contributed by atoms with Crippen molar-refractivity contribution in [2.24, 2.45) is 5.73 Å². The van der Waals surface area contributed by atoms with E-state index in [1.54, 1.807) is 6.07 Å². The Morgan fingerprint density at radius 1 is 1.11 bits per heavy atom. The van der Waals surface area contributed by atoms with Gasteiger partial charge in [-0.15, -0.1) is 0 Å². The minimum atomic E-state index is -4.52. The van der Waals surface area contributed by atoms with Gasteiger partial charge in [-0.2, -0.15) is 13.2 Å². The zero-order chi connectivity index (χ0) is 28.1. The first kappa shape index (κ1) is 29.0. The van der Waals surface area contributed by atoms with Crippen molar-refractivity contribution in [1.29, 1.82) is 5.41 Å². The van der Waals surface area contributed by atoms with Gasteiger partial charge in [-0.05, 0) is 62.1 Å². The third-order valence-corrected chi connectivity index (χ3v) is 6.32. The molecular formula is C28H30ClF3N4O2. The molecule has 0 radical (unpaired) electrons. The highest BCUT2D eigenvalue weighted by molar-refractivity contribution is 6.30. The molecule has 1 amide bonds. The van der Waals surface area contributed by atoms with Gasteiger partial charge < -0.3 is 15.8 Å². The van der Waals surface area contributed by atoms with Crippen molar-refractivity contribution >= 4 is 23.3 Å². The summed E-state index contributed by atoms with van der Waals surface area (Å²) < 4.78 is 44.1. The standard InChI is InChI=1S/C28H30ClF3N4O2/c1-17(36-26(37)27(2,3)38-25-12-11-21(16-35-25)28(30,31)32)23(20-5-4-6-22(29)15-20)13-18-7-9-19(10-8-18)14-24(33)34/h4-12,15-17,23H,13-14H2,1-3H3,(H3,33,34)(H,36,37). The van der Waals surface area contributed by atoms with Crippen LogP contribution in [-0.2, 0) is 23.8 Å². The number of amidine groups is 1. The van der Waals surface area contributed by atoms with Gasteiger partial charge in [0.2, 0.25) is 5.88 Å². The summed E-state index contributed by atoms with van der Waals surface area (Å²) in [6.45, 7) is 4.92. The summed E-state index contributed by atoms with van der Waals surface area (Å²) in [7, 11) is 0. The molecule has 3 rings (SSSR count). The number of nitrogens with one attached hydrogen (secondary N) is 2. The van der Waals surface area contributed by atoms with E-state index in [1.807, 2.05) is 49.4 Å². The predicted octanol–water partition coefficient (Wildman–Crippen LogP) is 5.92. The van der Waals surface area contributed by atoms with Crippen molar-refractivity contribution in [2.45, 2.75) is 57.3 Å². The molecule has 2 atom stereocenters. The van der Waals surface area contributed by atoms with Gasteiger partial charge in [-0.3, -0.25) is 10.2 Å². The van der Waals surface area contributed by atoms with Crippen LogP contribution in [0, 0.1) is 5.41 Å². The lowest BCUT2D eigenvalue weighted by molar-refractivity contribution is -0.138. The normalized spacial score (nSPS) is 13.4. The maximum atomic E-state index is 13.2. The van der Waals surface area contributed by atoms with Crippen LogP contribution >= 0.6 is 11.6 Å². The van der Waals surface area contributed by atoms with Crippen molar-refractivity contribution < 1.29 is 22.7 Å². The van der Waals surface area contributed by atoms with Gasteiger partial charge in [-0.1, -0.05) is 48.0 Å². The van der Waals surface area contributed by atoms with E-state index in [0.29, 0.717) is 24.1 Å². The summed E-state index contributed by atoms with van der Waals surface area (Å²) in [6, 6.07) is 16.8. The van der Waals surface area contributed by atoms with Crippen molar-refractivity contribution in [3.8, 4) is 5.88 Å². The average molecular weight is 547 g/mol. The van der Waals surface area contributed by atoms with Crippen LogP contribution in [-0.4, -0.2) is 28.4 Å².